The average Bonchev–Trinajstić information content (AvgIpc) is 2.16. The molecule has 13 heavy (non-hydrogen) atoms. The molecule has 0 aliphatic rings. The van der Waals surface area contributed by atoms with Crippen LogP contribution < -0.4 is 11.6 Å². The molecule has 0 atom stereocenters. The molecule has 1 rings (SSSR count). The van der Waals surface area contributed by atoms with E-state index in [1.54, 1.807) is 12.1 Å². The van der Waals surface area contributed by atoms with Crippen LogP contribution in [-0.4, -0.2) is 11.6 Å². The number of nitrogens with two attached hydrogens (primary N) is 2. The highest BCUT2D eigenvalue weighted by Gasteiger charge is 1.96. The van der Waals surface area contributed by atoms with Gasteiger partial charge in [0.2, 0.25) is 0 Å². The molecular formula is C8H10FN3S. The van der Waals surface area contributed by atoms with Gasteiger partial charge in [0.05, 0.1) is 5.75 Å². The standard InChI is InChI=1S/C8H10FN3S/c9-6-1-3-7(4-2-6)13-5-8(10)12-11/h1-4H,5,11H2,(H2,10,12). The van der Waals surface area contributed by atoms with Crippen molar-refractivity contribution in [3.63, 3.8) is 0 Å². The van der Waals surface area contributed by atoms with E-state index in [4.69, 9.17) is 11.6 Å². The maximum atomic E-state index is 12.5. The third-order valence-electron chi connectivity index (χ3n) is 1.37. The lowest BCUT2D eigenvalue weighted by atomic mass is 10.4. The zero-order valence-corrected chi connectivity index (χ0v) is 7.72. The Balaban J connectivity index is 2.51. The summed E-state index contributed by atoms with van der Waals surface area (Å²) in [5.74, 6) is 5.59. The van der Waals surface area contributed by atoms with E-state index in [9.17, 15) is 4.39 Å². The molecule has 0 aromatic heterocycles. The van der Waals surface area contributed by atoms with E-state index in [1.165, 1.54) is 23.9 Å². The van der Waals surface area contributed by atoms with Crippen molar-refractivity contribution in [2.24, 2.45) is 16.7 Å². The lowest BCUT2D eigenvalue weighted by Crippen LogP contribution is -2.16. The SMILES string of the molecule is NN=C(N)CSc1ccc(F)cc1. The van der Waals surface area contributed by atoms with Gasteiger partial charge in [0.15, 0.2) is 0 Å². The minimum absolute atomic E-state index is 0.246. The van der Waals surface area contributed by atoms with Crippen molar-refractivity contribution < 1.29 is 4.39 Å². The molecular weight excluding hydrogens is 189 g/mol. The number of hydrogen-bond donors (Lipinski definition) is 2. The first-order valence-electron chi connectivity index (χ1n) is 3.63. The zero-order valence-electron chi connectivity index (χ0n) is 6.90. The third kappa shape index (κ3) is 3.33. The lowest BCUT2D eigenvalue weighted by Gasteiger charge is -1.99. The van der Waals surface area contributed by atoms with E-state index in [1.807, 2.05) is 0 Å². The second kappa shape index (κ2) is 4.71. The molecule has 0 saturated carbocycles. The number of amidine groups is 1. The first-order chi connectivity index (χ1) is 6.22. The van der Waals surface area contributed by atoms with E-state index in [-0.39, 0.29) is 5.82 Å². The first kappa shape index (κ1) is 9.85. The molecule has 0 fully saturated rings. The van der Waals surface area contributed by atoms with E-state index in [0.717, 1.165) is 4.90 Å². The van der Waals surface area contributed by atoms with Gasteiger partial charge in [-0.15, -0.1) is 11.8 Å². The van der Waals surface area contributed by atoms with Crippen LogP contribution in [0.5, 0.6) is 0 Å². The summed E-state index contributed by atoms with van der Waals surface area (Å²) in [7, 11) is 0. The van der Waals surface area contributed by atoms with Gasteiger partial charge in [-0.2, -0.15) is 5.10 Å². The van der Waals surface area contributed by atoms with Crippen LogP contribution in [0.3, 0.4) is 0 Å². The van der Waals surface area contributed by atoms with Gasteiger partial charge in [-0.25, -0.2) is 4.39 Å². The summed E-state index contributed by atoms with van der Waals surface area (Å²) in [5, 5.41) is 3.32. The molecule has 0 spiro atoms. The van der Waals surface area contributed by atoms with Crippen molar-refractivity contribution in [3.05, 3.63) is 30.1 Å². The van der Waals surface area contributed by atoms with Crippen molar-refractivity contribution in [2.45, 2.75) is 4.90 Å². The molecule has 0 saturated heterocycles. The Labute approximate surface area is 80.0 Å². The van der Waals surface area contributed by atoms with Gasteiger partial charge >= 0.3 is 0 Å². The van der Waals surface area contributed by atoms with Gasteiger partial charge in [-0.05, 0) is 24.3 Å². The molecule has 0 aliphatic heterocycles. The molecule has 0 bridgehead atoms. The Morgan fingerprint density at radius 2 is 2.00 bits per heavy atom. The molecule has 0 aliphatic carbocycles. The fourth-order valence-electron chi connectivity index (χ4n) is 0.725. The number of thioether (sulfide) groups is 1. The number of benzene rings is 1. The van der Waals surface area contributed by atoms with Crippen LogP contribution in [0.15, 0.2) is 34.3 Å². The van der Waals surface area contributed by atoms with Gasteiger partial charge in [-0.3, -0.25) is 0 Å². The predicted molar refractivity (Wildman–Crippen MR) is 52.9 cm³/mol. The maximum Gasteiger partial charge on any atom is 0.129 e. The van der Waals surface area contributed by atoms with Gasteiger partial charge in [0.1, 0.15) is 11.7 Å². The topological polar surface area (TPSA) is 64.4 Å². The lowest BCUT2D eigenvalue weighted by molar-refractivity contribution is 0.626. The van der Waals surface area contributed by atoms with Crippen LogP contribution in [0.2, 0.25) is 0 Å². The second-order valence-corrected chi connectivity index (χ2v) is 3.41. The number of halogens is 1. The van der Waals surface area contributed by atoms with Crippen LogP contribution in [0, 0.1) is 5.82 Å². The number of rotatable bonds is 3. The predicted octanol–water partition coefficient (Wildman–Crippen LogP) is 1.15. The molecule has 3 nitrogen and oxygen atoms in total. The fraction of sp³-hybridized carbons (Fsp3) is 0.125. The summed E-state index contributed by atoms with van der Waals surface area (Å²) in [6, 6.07) is 6.17. The number of nitrogens with zero attached hydrogens (tertiary/aromatic N) is 1. The molecule has 5 heteroatoms. The minimum atomic E-state index is -0.246. The average molecular weight is 199 g/mol. The van der Waals surface area contributed by atoms with E-state index in [2.05, 4.69) is 5.10 Å². The van der Waals surface area contributed by atoms with Gasteiger partial charge in [0, 0.05) is 4.90 Å². The Kier molecular flexibility index (Phi) is 3.57. The monoisotopic (exact) mass is 199 g/mol. The van der Waals surface area contributed by atoms with E-state index >= 15 is 0 Å². The highest BCUT2D eigenvalue weighted by Crippen LogP contribution is 2.17. The van der Waals surface area contributed by atoms with Crippen LogP contribution >= 0.6 is 11.8 Å². The summed E-state index contributed by atoms with van der Waals surface area (Å²) < 4.78 is 12.5. The Hall–Kier alpha value is -1.23. The van der Waals surface area contributed by atoms with Crippen LogP contribution in [0.1, 0.15) is 0 Å². The smallest absolute Gasteiger partial charge is 0.129 e. The van der Waals surface area contributed by atoms with Crippen molar-refractivity contribution in [2.75, 3.05) is 5.75 Å². The highest BCUT2D eigenvalue weighted by atomic mass is 32.2. The van der Waals surface area contributed by atoms with Crippen LogP contribution in [0.25, 0.3) is 0 Å². The van der Waals surface area contributed by atoms with Crippen molar-refractivity contribution in [3.8, 4) is 0 Å². The largest absolute Gasteiger partial charge is 0.385 e. The molecule has 1 aromatic rings. The van der Waals surface area contributed by atoms with E-state index in [0.29, 0.717) is 11.6 Å². The van der Waals surface area contributed by atoms with Crippen molar-refractivity contribution >= 4 is 17.6 Å². The fourth-order valence-corrected chi connectivity index (χ4v) is 1.44. The highest BCUT2D eigenvalue weighted by molar-refractivity contribution is 8.00. The normalized spacial score (nSPS) is 11.6. The minimum Gasteiger partial charge on any atom is -0.385 e. The van der Waals surface area contributed by atoms with Gasteiger partial charge in [-0.1, -0.05) is 0 Å². The number of hydrogen-bond acceptors (Lipinski definition) is 3. The number of hydrazone groups is 1. The van der Waals surface area contributed by atoms with Crippen molar-refractivity contribution in [1.29, 1.82) is 0 Å². The Morgan fingerprint density at radius 3 is 2.54 bits per heavy atom. The van der Waals surface area contributed by atoms with Crippen molar-refractivity contribution in [1.82, 2.24) is 0 Å². The molecule has 0 amide bonds. The Morgan fingerprint density at radius 1 is 1.38 bits per heavy atom. The molecule has 0 heterocycles. The molecule has 0 radical (unpaired) electrons. The molecule has 1 aromatic carbocycles. The summed E-state index contributed by atoms with van der Waals surface area (Å²) in [5.41, 5.74) is 5.38. The second-order valence-electron chi connectivity index (χ2n) is 2.36. The summed E-state index contributed by atoms with van der Waals surface area (Å²) in [6.45, 7) is 0. The summed E-state index contributed by atoms with van der Waals surface area (Å²) >= 11 is 1.46. The van der Waals surface area contributed by atoms with Crippen LogP contribution in [-0.2, 0) is 0 Å². The molecule has 0 unspecified atom stereocenters. The quantitative estimate of drug-likeness (QED) is 0.252. The third-order valence-corrected chi connectivity index (χ3v) is 2.41. The van der Waals surface area contributed by atoms with Crippen LogP contribution in [0.4, 0.5) is 4.39 Å². The zero-order chi connectivity index (χ0) is 9.68. The summed E-state index contributed by atoms with van der Waals surface area (Å²) in [6.07, 6.45) is 0. The Bertz CT molecular complexity index is 297. The van der Waals surface area contributed by atoms with Gasteiger partial charge < -0.3 is 11.6 Å². The van der Waals surface area contributed by atoms with E-state index < -0.39 is 0 Å². The summed E-state index contributed by atoms with van der Waals surface area (Å²) in [4.78, 5) is 0.938. The molecule has 4 N–H and O–H groups in total. The first-order valence-corrected chi connectivity index (χ1v) is 4.61. The molecule has 70 valence electrons. The van der Waals surface area contributed by atoms with Gasteiger partial charge in [0.25, 0.3) is 0 Å². The maximum absolute atomic E-state index is 12.5.